The van der Waals surface area contributed by atoms with Crippen molar-refractivity contribution in [2.24, 2.45) is 0 Å². The molecule has 1 aromatic heterocycles. The molecule has 1 aromatic carbocycles. The van der Waals surface area contributed by atoms with E-state index < -0.39 is 0 Å². The van der Waals surface area contributed by atoms with E-state index in [-0.39, 0.29) is 11.0 Å². The summed E-state index contributed by atoms with van der Waals surface area (Å²) in [6.45, 7) is 6.14. The summed E-state index contributed by atoms with van der Waals surface area (Å²) in [6, 6.07) is 5.41. The van der Waals surface area contributed by atoms with Gasteiger partial charge in [0.2, 0.25) is 5.43 Å². The third-order valence-electron chi connectivity index (χ3n) is 2.62. The lowest BCUT2D eigenvalue weighted by Crippen LogP contribution is -2.27. The van der Waals surface area contributed by atoms with Gasteiger partial charge in [-0.05, 0) is 32.9 Å². The Balaban J connectivity index is 2.86. The van der Waals surface area contributed by atoms with E-state index in [1.807, 2.05) is 31.5 Å². The lowest BCUT2D eigenvalue weighted by Gasteiger charge is -2.23. The van der Waals surface area contributed by atoms with Crippen LogP contribution in [-0.4, -0.2) is 16.9 Å². The predicted octanol–water partition coefficient (Wildman–Crippen LogP) is 2.16. The maximum atomic E-state index is 11.7. The molecular formula is C13H16N2O2. The topological polar surface area (TPSA) is 44.1 Å². The molecule has 0 saturated carbocycles. The molecule has 0 bridgehead atoms. The highest BCUT2D eigenvalue weighted by Gasteiger charge is 2.17. The maximum absolute atomic E-state index is 11.7. The second-order valence-corrected chi connectivity index (χ2v) is 4.97. The zero-order valence-corrected chi connectivity index (χ0v) is 10.5. The minimum atomic E-state index is -0.182. The van der Waals surface area contributed by atoms with Gasteiger partial charge in [0, 0.05) is 11.5 Å². The van der Waals surface area contributed by atoms with Gasteiger partial charge in [-0.3, -0.25) is 9.48 Å². The fraction of sp³-hybridized carbons (Fsp3) is 0.385. The van der Waals surface area contributed by atoms with E-state index in [1.165, 1.54) is 6.20 Å². The number of methoxy groups -OCH3 is 1. The fourth-order valence-electron chi connectivity index (χ4n) is 1.80. The number of ether oxygens (including phenoxy) is 1. The molecule has 1 heterocycles. The molecule has 0 N–H and O–H groups in total. The van der Waals surface area contributed by atoms with Crippen LogP contribution in [0, 0.1) is 0 Å². The molecule has 0 fully saturated rings. The Kier molecular flexibility index (Phi) is 2.65. The molecule has 0 aliphatic rings. The monoisotopic (exact) mass is 232 g/mol. The smallest absolute Gasteiger partial charge is 0.207 e. The Morgan fingerprint density at radius 3 is 2.59 bits per heavy atom. The van der Waals surface area contributed by atoms with Crippen molar-refractivity contribution in [3.63, 3.8) is 0 Å². The first-order valence-corrected chi connectivity index (χ1v) is 5.50. The zero-order chi connectivity index (χ0) is 12.6. The molecule has 0 saturated heterocycles. The van der Waals surface area contributed by atoms with Crippen LogP contribution in [0.3, 0.4) is 0 Å². The molecule has 4 nitrogen and oxygen atoms in total. The maximum Gasteiger partial charge on any atom is 0.207 e. The molecule has 90 valence electrons. The minimum Gasteiger partial charge on any atom is -0.497 e. The molecular weight excluding hydrogens is 216 g/mol. The summed E-state index contributed by atoms with van der Waals surface area (Å²) in [4.78, 5) is 11.7. The molecule has 0 spiro atoms. The molecule has 0 radical (unpaired) electrons. The largest absolute Gasteiger partial charge is 0.497 e. The first kappa shape index (κ1) is 11.6. The summed E-state index contributed by atoms with van der Waals surface area (Å²) in [5, 5.41) is 4.86. The van der Waals surface area contributed by atoms with Crippen LogP contribution in [0.5, 0.6) is 5.75 Å². The van der Waals surface area contributed by atoms with Crippen LogP contribution < -0.4 is 10.2 Å². The highest BCUT2D eigenvalue weighted by molar-refractivity contribution is 5.80. The van der Waals surface area contributed by atoms with E-state index in [2.05, 4.69) is 5.10 Å². The second kappa shape index (κ2) is 3.87. The number of nitrogens with zero attached hydrogens (tertiary/aromatic N) is 2. The van der Waals surface area contributed by atoms with Crippen molar-refractivity contribution < 1.29 is 4.74 Å². The Morgan fingerprint density at radius 1 is 1.29 bits per heavy atom. The van der Waals surface area contributed by atoms with Gasteiger partial charge in [0.25, 0.3) is 0 Å². The molecule has 4 heteroatoms. The molecule has 2 rings (SSSR count). The summed E-state index contributed by atoms with van der Waals surface area (Å²) in [5.41, 5.74) is 0.547. The van der Waals surface area contributed by atoms with E-state index in [4.69, 9.17) is 4.74 Å². The van der Waals surface area contributed by atoms with E-state index in [0.717, 1.165) is 11.3 Å². The summed E-state index contributed by atoms with van der Waals surface area (Å²) in [6.07, 6.45) is 1.36. The van der Waals surface area contributed by atoms with Crippen LogP contribution in [0.1, 0.15) is 20.8 Å². The number of rotatable bonds is 1. The Bertz CT molecular complexity index is 609. The molecule has 0 aliphatic carbocycles. The van der Waals surface area contributed by atoms with Crippen molar-refractivity contribution in [2.45, 2.75) is 26.3 Å². The quantitative estimate of drug-likeness (QED) is 0.756. The highest BCUT2D eigenvalue weighted by atomic mass is 16.5. The number of hydrogen-bond acceptors (Lipinski definition) is 3. The van der Waals surface area contributed by atoms with Crippen LogP contribution in [0.2, 0.25) is 0 Å². The average molecular weight is 232 g/mol. The molecule has 0 amide bonds. The number of fused-ring (bicyclic) bond motifs is 1. The Hall–Kier alpha value is -1.84. The van der Waals surface area contributed by atoms with Crippen molar-refractivity contribution >= 4 is 10.9 Å². The van der Waals surface area contributed by atoms with Crippen molar-refractivity contribution in [3.05, 3.63) is 34.6 Å². The van der Waals surface area contributed by atoms with Gasteiger partial charge in [-0.2, -0.15) is 5.10 Å². The highest BCUT2D eigenvalue weighted by Crippen LogP contribution is 2.22. The second-order valence-electron chi connectivity index (χ2n) is 4.97. The van der Waals surface area contributed by atoms with Gasteiger partial charge in [0.1, 0.15) is 5.75 Å². The number of hydrogen-bond donors (Lipinski definition) is 0. The van der Waals surface area contributed by atoms with Gasteiger partial charge in [0.05, 0.1) is 24.4 Å². The first-order valence-electron chi connectivity index (χ1n) is 5.50. The standard InChI is InChI=1S/C13H16N2O2/c1-13(2,3)15-11-7-9(17-4)5-6-10(11)12(16)8-14-15/h5-8H,1-4H3. The van der Waals surface area contributed by atoms with Crippen molar-refractivity contribution in [1.29, 1.82) is 0 Å². The molecule has 17 heavy (non-hydrogen) atoms. The van der Waals surface area contributed by atoms with Gasteiger partial charge in [-0.15, -0.1) is 0 Å². The van der Waals surface area contributed by atoms with E-state index in [1.54, 1.807) is 19.2 Å². The SMILES string of the molecule is COc1ccc2c(=O)cnn(C(C)(C)C)c2c1. The van der Waals surface area contributed by atoms with Gasteiger partial charge >= 0.3 is 0 Å². The van der Waals surface area contributed by atoms with Crippen LogP contribution in [-0.2, 0) is 5.54 Å². The van der Waals surface area contributed by atoms with E-state index in [0.29, 0.717) is 5.39 Å². The van der Waals surface area contributed by atoms with Gasteiger partial charge in [-0.25, -0.2) is 0 Å². The van der Waals surface area contributed by atoms with Crippen LogP contribution in [0.15, 0.2) is 29.2 Å². The number of benzene rings is 1. The average Bonchev–Trinajstić information content (AvgIpc) is 2.27. The van der Waals surface area contributed by atoms with Gasteiger partial charge < -0.3 is 4.74 Å². The van der Waals surface area contributed by atoms with Crippen molar-refractivity contribution in [2.75, 3.05) is 7.11 Å². The molecule has 2 aromatic rings. The lowest BCUT2D eigenvalue weighted by atomic mass is 10.1. The Labute approximate surface area is 99.8 Å². The summed E-state index contributed by atoms with van der Waals surface area (Å²) in [5.74, 6) is 0.725. The third-order valence-corrected chi connectivity index (χ3v) is 2.62. The van der Waals surface area contributed by atoms with Crippen LogP contribution in [0.25, 0.3) is 10.9 Å². The fourth-order valence-corrected chi connectivity index (χ4v) is 1.80. The van der Waals surface area contributed by atoms with Crippen molar-refractivity contribution in [1.82, 2.24) is 9.78 Å². The Morgan fingerprint density at radius 2 is 2.00 bits per heavy atom. The van der Waals surface area contributed by atoms with E-state index in [9.17, 15) is 4.79 Å². The molecule has 0 atom stereocenters. The predicted molar refractivity (Wildman–Crippen MR) is 67.6 cm³/mol. The first-order chi connectivity index (χ1) is 7.93. The molecule has 0 unspecified atom stereocenters. The normalized spacial score (nSPS) is 11.8. The van der Waals surface area contributed by atoms with E-state index >= 15 is 0 Å². The third kappa shape index (κ3) is 2.02. The summed E-state index contributed by atoms with van der Waals surface area (Å²) < 4.78 is 7.03. The van der Waals surface area contributed by atoms with Crippen LogP contribution in [0.4, 0.5) is 0 Å². The van der Waals surface area contributed by atoms with Crippen molar-refractivity contribution in [3.8, 4) is 5.75 Å². The molecule has 0 aliphatic heterocycles. The van der Waals surface area contributed by atoms with Gasteiger partial charge in [-0.1, -0.05) is 0 Å². The number of aromatic nitrogens is 2. The van der Waals surface area contributed by atoms with Gasteiger partial charge in [0.15, 0.2) is 0 Å². The summed E-state index contributed by atoms with van der Waals surface area (Å²) >= 11 is 0. The summed E-state index contributed by atoms with van der Waals surface area (Å²) in [7, 11) is 1.61. The minimum absolute atomic E-state index is 0.0665. The lowest BCUT2D eigenvalue weighted by molar-refractivity contribution is 0.362. The zero-order valence-electron chi connectivity index (χ0n) is 10.5. The van der Waals surface area contributed by atoms with Crippen LogP contribution >= 0.6 is 0 Å².